The van der Waals surface area contributed by atoms with Crippen LogP contribution in [0.1, 0.15) is 22.3 Å². The second-order valence-corrected chi connectivity index (χ2v) is 4.13. The summed E-state index contributed by atoms with van der Waals surface area (Å²) in [5.41, 5.74) is 1.75. The lowest BCUT2D eigenvalue weighted by Gasteiger charge is -2.11. The van der Waals surface area contributed by atoms with Gasteiger partial charge in [-0.2, -0.15) is 0 Å². The normalized spacial score (nSPS) is 19.8. The number of rotatable bonds is 3. The molecule has 0 amide bonds. The Morgan fingerprint density at radius 3 is 2.94 bits per heavy atom. The van der Waals surface area contributed by atoms with Crippen LogP contribution in [-0.2, 0) is 4.74 Å². The number of ether oxygens (including phenoxy) is 2. The molecule has 1 heterocycles. The molecule has 2 rings (SSSR count). The van der Waals surface area contributed by atoms with Crippen molar-refractivity contribution in [2.75, 3.05) is 20.3 Å². The highest BCUT2D eigenvalue weighted by molar-refractivity contribution is 6.00. The number of ketones is 1. The number of methoxy groups -OCH3 is 1. The highest BCUT2D eigenvalue weighted by Gasteiger charge is 2.26. The minimum atomic E-state index is -0.00398. The molecule has 1 aliphatic rings. The van der Waals surface area contributed by atoms with Crippen LogP contribution in [0.5, 0.6) is 5.75 Å². The molecule has 3 heteroatoms. The number of benzene rings is 1. The molecule has 16 heavy (non-hydrogen) atoms. The molecule has 3 nitrogen and oxygen atoms in total. The first-order valence-electron chi connectivity index (χ1n) is 5.49. The van der Waals surface area contributed by atoms with E-state index >= 15 is 0 Å². The van der Waals surface area contributed by atoms with Crippen molar-refractivity contribution >= 4 is 5.78 Å². The molecule has 0 N–H and O–H groups in total. The Balaban J connectivity index is 2.30. The van der Waals surface area contributed by atoms with Gasteiger partial charge in [0, 0.05) is 12.5 Å². The van der Waals surface area contributed by atoms with Gasteiger partial charge in [0.25, 0.3) is 0 Å². The van der Waals surface area contributed by atoms with Gasteiger partial charge in [-0.25, -0.2) is 0 Å². The van der Waals surface area contributed by atoms with Crippen molar-refractivity contribution in [3.05, 3.63) is 29.3 Å². The zero-order valence-corrected chi connectivity index (χ0v) is 9.66. The number of carbonyl (C=O) groups is 1. The molecule has 1 unspecified atom stereocenters. The third-order valence-electron chi connectivity index (χ3n) is 2.92. The van der Waals surface area contributed by atoms with Crippen LogP contribution in [0.15, 0.2) is 18.2 Å². The molecule has 86 valence electrons. The lowest BCUT2D eigenvalue weighted by molar-refractivity contribution is 0.0897. The second-order valence-electron chi connectivity index (χ2n) is 4.13. The van der Waals surface area contributed by atoms with E-state index in [1.165, 1.54) is 0 Å². The molecule has 1 aromatic carbocycles. The molecule has 1 aromatic rings. The van der Waals surface area contributed by atoms with Crippen LogP contribution in [0.4, 0.5) is 0 Å². The van der Waals surface area contributed by atoms with E-state index in [1.807, 2.05) is 25.1 Å². The fourth-order valence-electron chi connectivity index (χ4n) is 1.98. The molecule has 0 aromatic heterocycles. The van der Waals surface area contributed by atoms with Crippen LogP contribution in [-0.4, -0.2) is 26.1 Å². The summed E-state index contributed by atoms with van der Waals surface area (Å²) in [7, 11) is 1.59. The van der Waals surface area contributed by atoms with E-state index in [1.54, 1.807) is 7.11 Å². The van der Waals surface area contributed by atoms with Crippen LogP contribution < -0.4 is 4.74 Å². The SMILES string of the molecule is COc1ccc(C)cc1C(=O)C1CCOC1. The first kappa shape index (κ1) is 11.1. The zero-order chi connectivity index (χ0) is 11.5. The average Bonchev–Trinajstić information content (AvgIpc) is 2.81. The monoisotopic (exact) mass is 220 g/mol. The smallest absolute Gasteiger partial charge is 0.172 e. The fraction of sp³-hybridized carbons (Fsp3) is 0.462. The number of carbonyl (C=O) groups excluding carboxylic acids is 1. The van der Waals surface area contributed by atoms with Crippen molar-refractivity contribution in [1.29, 1.82) is 0 Å². The van der Waals surface area contributed by atoms with Crippen molar-refractivity contribution in [2.24, 2.45) is 5.92 Å². The average molecular weight is 220 g/mol. The van der Waals surface area contributed by atoms with Crippen molar-refractivity contribution in [3.63, 3.8) is 0 Å². The molecule has 1 aliphatic heterocycles. The van der Waals surface area contributed by atoms with E-state index in [2.05, 4.69) is 0 Å². The van der Waals surface area contributed by atoms with Gasteiger partial charge in [0.15, 0.2) is 5.78 Å². The maximum Gasteiger partial charge on any atom is 0.172 e. The van der Waals surface area contributed by atoms with E-state index in [9.17, 15) is 4.79 Å². The molecule has 0 saturated carbocycles. The lowest BCUT2D eigenvalue weighted by atomic mass is 9.95. The van der Waals surface area contributed by atoms with Crippen molar-refractivity contribution in [3.8, 4) is 5.75 Å². The van der Waals surface area contributed by atoms with E-state index in [4.69, 9.17) is 9.47 Å². The summed E-state index contributed by atoms with van der Waals surface area (Å²) in [5, 5.41) is 0. The van der Waals surface area contributed by atoms with Gasteiger partial charge >= 0.3 is 0 Å². The number of aryl methyl sites for hydroxylation is 1. The van der Waals surface area contributed by atoms with E-state index in [-0.39, 0.29) is 11.7 Å². The summed E-state index contributed by atoms with van der Waals surface area (Å²) in [6.45, 7) is 3.20. The Hall–Kier alpha value is -1.35. The highest BCUT2D eigenvalue weighted by atomic mass is 16.5. The molecule has 1 atom stereocenters. The predicted octanol–water partition coefficient (Wildman–Crippen LogP) is 2.22. The summed E-state index contributed by atoms with van der Waals surface area (Å²) in [4.78, 5) is 12.2. The molecule has 1 saturated heterocycles. The number of hydrogen-bond donors (Lipinski definition) is 0. The van der Waals surface area contributed by atoms with E-state index in [0.717, 1.165) is 12.0 Å². The third-order valence-corrected chi connectivity index (χ3v) is 2.92. The Morgan fingerprint density at radius 2 is 2.31 bits per heavy atom. The van der Waals surface area contributed by atoms with Crippen molar-refractivity contribution in [2.45, 2.75) is 13.3 Å². The Morgan fingerprint density at radius 1 is 1.50 bits per heavy atom. The number of hydrogen-bond acceptors (Lipinski definition) is 3. The quantitative estimate of drug-likeness (QED) is 0.733. The summed E-state index contributed by atoms with van der Waals surface area (Å²) < 4.78 is 10.5. The Bertz CT molecular complexity index is 392. The van der Waals surface area contributed by atoms with Gasteiger partial charge in [0.1, 0.15) is 5.75 Å². The van der Waals surface area contributed by atoms with Gasteiger partial charge < -0.3 is 9.47 Å². The van der Waals surface area contributed by atoms with Gasteiger partial charge in [-0.15, -0.1) is 0 Å². The molecule has 0 bridgehead atoms. The van der Waals surface area contributed by atoms with Crippen LogP contribution in [0.25, 0.3) is 0 Å². The van der Waals surface area contributed by atoms with Crippen molar-refractivity contribution < 1.29 is 14.3 Å². The highest BCUT2D eigenvalue weighted by Crippen LogP contribution is 2.26. The van der Waals surface area contributed by atoms with Gasteiger partial charge in [-0.05, 0) is 25.5 Å². The second kappa shape index (κ2) is 4.66. The molecule has 0 aliphatic carbocycles. The molecular weight excluding hydrogens is 204 g/mol. The zero-order valence-electron chi connectivity index (χ0n) is 9.66. The van der Waals surface area contributed by atoms with Crippen LogP contribution in [0.3, 0.4) is 0 Å². The van der Waals surface area contributed by atoms with Crippen LogP contribution in [0.2, 0.25) is 0 Å². The first-order chi connectivity index (χ1) is 7.72. The van der Waals surface area contributed by atoms with Gasteiger partial charge in [-0.3, -0.25) is 4.79 Å². The summed E-state index contributed by atoms with van der Waals surface area (Å²) in [5.74, 6) is 0.788. The maximum atomic E-state index is 12.2. The maximum absolute atomic E-state index is 12.2. The summed E-state index contributed by atoms with van der Waals surface area (Å²) in [6.07, 6.45) is 0.815. The molecule has 1 fully saturated rings. The topological polar surface area (TPSA) is 35.5 Å². The minimum Gasteiger partial charge on any atom is -0.496 e. The van der Waals surface area contributed by atoms with Gasteiger partial charge in [-0.1, -0.05) is 11.6 Å². The lowest BCUT2D eigenvalue weighted by Crippen LogP contribution is -2.15. The standard InChI is InChI=1S/C13H16O3/c1-9-3-4-12(15-2)11(7-9)13(14)10-5-6-16-8-10/h3-4,7,10H,5-6,8H2,1-2H3. The third kappa shape index (κ3) is 2.09. The van der Waals surface area contributed by atoms with Crippen molar-refractivity contribution in [1.82, 2.24) is 0 Å². The Labute approximate surface area is 95.4 Å². The van der Waals surface area contributed by atoms with Gasteiger partial charge in [0.05, 0.1) is 19.3 Å². The largest absolute Gasteiger partial charge is 0.496 e. The van der Waals surface area contributed by atoms with Gasteiger partial charge in [0.2, 0.25) is 0 Å². The predicted molar refractivity (Wildman–Crippen MR) is 61.0 cm³/mol. The number of Topliss-reactive ketones (excluding diaryl/α,β-unsaturated/α-hetero) is 1. The minimum absolute atomic E-state index is 0.00398. The van der Waals surface area contributed by atoms with E-state index in [0.29, 0.717) is 24.5 Å². The molecule has 0 spiro atoms. The van der Waals surface area contributed by atoms with E-state index < -0.39 is 0 Å². The summed E-state index contributed by atoms with van der Waals surface area (Å²) in [6, 6.07) is 5.68. The molecular formula is C13H16O3. The van der Waals surface area contributed by atoms with Crippen LogP contribution >= 0.6 is 0 Å². The van der Waals surface area contributed by atoms with Crippen LogP contribution in [0, 0.1) is 12.8 Å². The molecule has 0 radical (unpaired) electrons. The fourth-order valence-corrected chi connectivity index (χ4v) is 1.98. The summed E-state index contributed by atoms with van der Waals surface area (Å²) >= 11 is 0. The first-order valence-corrected chi connectivity index (χ1v) is 5.49. The Kier molecular flexibility index (Phi) is 3.25.